The van der Waals surface area contributed by atoms with Crippen molar-refractivity contribution in [1.82, 2.24) is 10.3 Å². The summed E-state index contributed by atoms with van der Waals surface area (Å²) in [6.07, 6.45) is 4.39. The van der Waals surface area contributed by atoms with Crippen molar-refractivity contribution in [2.24, 2.45) is 0 Å². The Balaban J connectivity index is 1.57. The molecule has 0 saturated carbocycles. The van der Waals surface area contributed by atoms with Crippen molar-refractivity contribution >= 4 is 79.8 Å². The van der Waals surface area contributed by atoms with E-state index in [4.69, 9.17) is 39.8 Å². The minimum Gasteiger partial charge on any atom is -0.465 e. The summed E-state index contributed by atoms with van der Waals surface area (Å²) in [7, 11) is 0. The number of carbonyl (C=O) groups is 1. The monoisotopic (exact) mass is 473 g/mol. The average molecular weight is 474 g/mol. The summed E-state index contributed by atoms with van der Waals surface area (Å²) in [5.41, 5.74) is 2.08. The molecule has 9 heteroatoms. The van der Waals surface area contributed by atoms with Gasteiger partial charge in [0.2, 0.25) is 5.91 Å². The average Bonchev–Trinajstić information content (AvgIpc) is 3.37. The smallest absolute Gasteiger partial charge is 0.250 e. The van der Waals surface area contributed by atoms with Gasteiger partial charge in [-0.1, -0.05) is 35.3 Å². The fourth-order valence-electron chi connectivity index (χ4n) is 2.70. The Morgan fingerprint density at radius 3 is 2.77 bits per heavy atom. The lowest BCUT2D eigenvalue weighted by Gasteiger charge is -2.14. The number of rotatable bonds is 4. The third-order valence-electron chi connectivity index (χ3n) is 4.00. The van der Waals surface area contributed by atoms with E-state index in [1.54, 1.807) is 30.3 Å². The van der Waals surface area contributed by atoms with Crippen LogP contribution in [0.1, 0.15) is 5.76 Å². The molecule has 0 bridgehead atoms. The fourth-order valence-corrected chi connectivity index (χ4v) is 4.43. The molecule has 2 aromatic carbocycles. The number of aromatic nitrogens is 1. The maximum atomic E-state index is 12.1. The Morgan fingerprint density at radius 1 is 1.17 bits per heavy atom. The summed E-state index contributed by atoms with van der Waals surface area (Å²) in [5, 5.41) is 7.23. The highest BCUT2D eigenvalue weighted by Crippen LogP contribution is 2.40. The SMILES string of the molecule is O=C(/C=C/c1ccco1)NC(=S)Nc1c(Cl)cc(Cl)cc1-c1nc2ccccc2s1. The molecule has 0 aliphatic carbocycles. The first kappa shape index (κ1) is 20.6. The van der Waals surface area contributed by atoms with E-state index in [9.17, 15) is 4.79 Å². The number of furan rings is 1. The fraction of sp³-hybridized carbons (Fsp3) is 0. The molecule has 4 aromatic rings. The quantitative estimate of drug-likeness (QED) is 0.265. The number of halogens is 2. The molecule has 0 unspecified atom stereocenters. The molecule has 2 aromatic heterocycles. The summed E-state index contributed by atoms with van der Waals surface area (Å²) in [5.74, 6) is 0.151. The molecule has 0 spiro atoms. The van der Waals surface area contributed by atoms with Gasteiger partial charge < -0.3 is 9.73 Å². The van der Waals surface area contributed by atoms with Crippen LogP contribution in [-0.4, -0.2) is 16.0 Å². The number of amides is 1. The molecule has 150 valence electrons. The van der Waals surface area contributed by atoms with Crippen LogP contribution in [0, 0.1) is 0 Å². The Labute approximate surface area is 191 Å². The highest BCUT2D eigenvalue weighted by atomic mass is 35.5. The van der Waals surface area contributed by atoms with E-state index in [1.807, 2.05) is 24.3 Å². The van der Waals surface area contributed by atoms with E-state index in [0.29, 0.717) is 27.1 Å². The van der Waals surface area contributed by atoms with Crippen molar-refractivity contribution in [2.45, 2.75) is 0 Å². The van der Waals surface area contributed by atoms with E-state index in [0.717, 1.165) is 15.2 Å². The van der Waals surface area contributed by atoms with E-state index < -0.39 is 5.91 Å². The van der Waals surface area contributed by atoms with Crippen LogP contribution in [0.5, 0.6) is 0 Å². The Hall–Kier alpha value is -2.71. The van der Waals surface area contributed by atoms with Gasteiger partial charge in [0.05, 0.1) is 27.2 Å². The summed E-state index contributed by atoms with van der Waals surface area (Å²) < 4.78 is 6.19. The molecule has 30 heavy (non-hydrogen) atoms. The zero-order valence-electron chi connectivity index (χ0n) is 15.2. The highest BCUT2D eigenvalue weighted by molar-refractivity contribution is 7.80. The van der Waals surface area contributed by atoms with E-state index in [-0.39, 0.29) is 5.11 Å². The van der Waals surface area contributed by atoms with Crippen LogP contribution >= 0.6 is 46.8 Å². The maximum Gasteiger partial charge on any atom is 0.250 e. The molecule has 0 atom stereocenters. The van der Waals surface area contributed by atoms with Gasteiger partial charge in [0.15, 0.2) is 5.11 Å². The molecule has 5 nitrogen and oxygen atoms in total. The highest BCUT2D eigenvalue weighted by Gasteiger charge is 2.16. The number of hydrogen-bond donors (Lipinski definition) is 2. The van der Waals surface area contributed by atoms with Crippen LogP contribution < -0.4 is 10.6 Å². The minimum atomic E-state index is -0.407. The van der Waals surface area contributed by atoms with Crippen LogP contribution in [0.3, 0.4) is 0 Å². The number of nitrogens with one attached hydrogen (secondary N) is 2. The Kier molecular flexibility index (Phi) is 6.15. The summed E-state index contributed by atoms with van der Waals surface area (Å²) in [6.45, 7) is 0. The molecule has 0 aliphatic rings. The van der Waals surface area contributed by atoms with E-state index in [2.05, 4.69) is 15.6 Å². The number of carbonyl (C=O) groups excluding carboxylic acids is 1. The zero-order valence-corrected chi connectivity index (χ0v) is 18.3. The van der Waals surface area contributed by atoms with Crippen LogP contribution in [0.2, 0.25) is 10.0 Å². The van der Waals surface area contributed by atoms with Gasteiger partial charge in [-0.05, 0) is 54.7 Å². The van der Waals surface area contributed by atoms with Crippen molar-refractivity contribution in [3.8, 4) is 10.6 Å². The number of fused-ring (bicyclic) bond motifs is 1. The van der Waals surface area contributed by atoms with Gasteiger partial charge in [-0.2, -0.15) is 0 Å². The standard InChI is InChI=1S/C21H13Cl2N3O2S2/c22-12-10-14(20-24-16-5-1-2-6-17(16)30-20)19(15(23)11-12)26-21(29)25-18(27)8-7-13-4-3-9-28-13/h1-11H,(H2,25,26,27,29)/b8-7+. The van der Waals surface area contributed by atoms with Gasteiger partial charge in [0.1, 0.15) is 10.8 Å². The normalized spacial score (nSPS) is 11.1. The van der Waals surface area contributed by atoms with Crippen molar-refractivity contribution < 1.29 is 9.21 Å². The molecular formula is C21H13Cl2N3O2S2. The number of thiocarbonyl (C=S) groups is 1. The number of para-hydroxylation sites is 1. The largest absolute Gasteiger partial charge is 0.465 e. The van der Waals surface area contributed by atoms with E-state index >= 15 is 0 Å². The van der Waals surface area contributed by atoms with Gasteiger partial charge in [0.25, 0.3) is 0 Å². The molecule has 0 fully saturated rings. The van der Waals surface area contributed by atoms with Crippen LogP contribution in [-0.2, 0) is 4.79 Å². The summed E-state index contributed by atoms with van der Waals surface area (Å²) >= 11 is 19.4. The van der Waals surface area contributed by atoms with Crippen molar-refractivity contribution in [3.05, 3.63) is 76.7 Å². The second-order valence-corrected chi connectivity index (χ2v) is 8.37. The van der Waals surface area contributed by atoms with Gasteiger partial charge in [-0.25, -0.2) is 4.98 Å². The lowest BCUT2D eigenvalue weighted by Crippen LogP contribution is -2.33. The first-order valence-corrected chi connectivity index (χ1v) is 10.7. The maximum absolute atomic E-state index is 12.1. The number of nitrogens with zero attached hydrogens (tertiary/aromatic N) is 1. The first-order chi connectivity index (χ1) is 14.5. The first-order valence-electron chi connectivity index (χ1n) is 8.68. The van der Waals surface area contributed by atoms with Crippen molar-refractivity contribution in [3.63, 3.8) is 0 Å². The predicted octanol–water partition coefficient (Wildman–Crippen LogP) is 6.39. The zero-order chi connectivity index (χ0) is 21.1. The third-order valence-corrected chi connectivity index (χ3v) is 5.79. The third kappa shape index (κ3) is 4.71. The molecule has 0 aliphatic heterocycles. The molecule has 0 radical (unpaired) electrons. The van der Waals surface area contributed by atoms with Crippen LogP contribution in [0.25, 0.3) is 26.9 Å². The topological polar surface area (TPSA) is 67.2 Å². The molecular weight excluding hydrogens is 461 g/mol. The minimum absolute atomic E-state index is 0.0932. The lowest BCUT2D eigenvalue weighted by atomic mass is 10.2. The Bertz CT molecular complexity index is 1230. The van der Waals surface area contributed by atoms with Gasteiger partial charge >= 0.3 is 0 Å². The number of thiazole rings is 1. The van der Waals surface area contributed by atoms with E-state index in [1.165, 1.54) is 23.7 Å². The van der Waals surface area contributed by atoms with Gasteiger partial charge in [-0.3, -0.25) is 10.1 Å². The molecule has 1 amide bonds. The second-order valence-electron chi connectivity index (χ2n) is 6.09. The van der Waals surface area contributed by atoms with Crippen molar-refractivity contribution in [1.29, 1.82) is 0 Å². The second kappa shape index (κ2) is 8.97. The molecule has 2 heterocycles. The van der Waals surface area contributed by atoms with Crippen LogP contribution in [0.15, 0.2) is 65.3 Å². The molecule has 0 saturated heterocycles. The van der Waals surface area contributed by atoms with Crippen LogP contribution in [0.4, 0.5) is 5.69 Å². The summed E-state index contributed by atoms with van der Waals surface area (Å²) in [4.78, 5) is 16.8. The van der Waals surface area contributed by atoms with Gasteiger partial charge in [-0.15, -0.1) is 11.3 Å². The molecule has 4 rings (SSSR count). The summed E-state index contributed by atoms with van der Waals surface area (Å²) in [6, 6.07) is 14.6. The number of hydrogen-bond acceptors (Lipinski definition) is 5. The lowest BCUT2D eigenvalue weighted by molar-refractivity contribution is -0.115. The molecule has 2 N–H and O–H groups in total. The van der Waals surface area contributed by atoms with Gasteiger partial charge in [0, 0.05) is 16.7 Å². The number of benzene rings is 2. The predicted molar refractivity (Wildman–Crippen MR) is 127 cm³/mol. The van der Waals surface area contributed by atoms with Crippen molar-refractivity contribution in [2.75, 3.05) is 5.32 Å². The Morgan fingerprint density at radius 2 is 2.00 bits per heavy atom. The number of anilines is 1.